The first kappa shape index (κ1) is 15.2. The number of nitrogens with zero attached hydrogens (tertiary/aromatic N) is 1. The molecule has 106 valence electrons. The zero-order chi connectivity index (χ0) is 14.5. The van der Waals surface area contributed by atoms with Crippen LogP contribution in [-0.4, -0.2) is 19.0 Å². The Bertz CT molecular complexity index is 584. The first-order chi connectivity index (χ1) is 9.60. The number of anilines is 1. The Kier molecular flexibility index (Phi) is 5.35. The van der Waals surface area contributed by atoms with E-state index in [1.807, 2.05) is 18.2 Å². The predicted octanol–water partition coefficient (Wildman–Crippen LogP) is 4.22. The summed E-state index contributed by atoms with van der Waals surface area (Å²) in [5, 5.41) is 0. The second-order valence-corrected chi connectivity index (χ2v) is 6.30. The Hall–Kier alpha value is -1.16. The normalized spacial score (nSPS) is 11.0. The van der Waals surface area contributed by atoms with E-state index in [1.54, 1.807) is 11.8 Å². The highest BCUT2D eigenvalue weighted by molar-refractivity contribution is 7.99. The molecule has 0 heterocycles. The number of hydrogen-bond acceptors (Lipinski definition) is 3. The minimum Gasteiger partial charge on any atom is -0.398 e. The van der Waals surface area contributed by atoms with Crippen LogP contribution in [0.25, 0.3) is 0 Å². The van der Waals surface area contributed by atoms with Gasteiger partial charge in [0.15, 0.2) is 0 Å². The Balaban J connectivity index is 2.26. The lowest BCUT2D eigenvalue weighted by Gasteiger charge is -2.14. The van der Waals surface area contributed by atoms with Crippen molar-refractivity contribution in [2.45, 2.75) is 22.2 Å². The molecular weight excluding hydrogens is 288 g/mol. The summed E-state index contributed by atoms with van der Waals surface area (Å²) in [6, 6.07) is 14.5. The molecule has 0 aliphatic rings. The van der Waals surface area contributed by atoms with Crippen molar-refractivity contribution in [1.82, 2.24) is 4.90 Å². The first-order valence-corrected chi connectivity index (χ1v) is 7.80. The fourth-order valence-electron chi connectivity index (χ4n) is 1.97. The molecule has 2 nitrogen and oxygen atoms in total. The first-order valence-electron chi connectivity index (χ1n) is 6.45. The molecule has 0 saturated heterocycles. The summed E-state index contributed by atoms with van der Waals surface area (Å²) >= 11 is 7.53. The van der Waals surface area contributed by atoms with Gasteiger partial charge in [0.25, 0.3) is 0 Å². The van der Waals surface area contributed by atoms with Gasteiger partial charge < -0.3 is 10.6 Å². The maximum absolute atomic E-state index is 6.11. The molecule has 0 saturated carbocycles. The minimum atomic E-state index is 0.492. The van der Waals surface area contributed by atoms with Crippen molar-refractivity contribution in [2.75, 3.05) is 19.8 Å². The summed E-state index contributed by atoms with van der Waals surface area (Å²) in [5.41, 5.74) is 9.25. The van der Waals surface area contributed by atoms with E-state index in [1.165, 1.54) is 10.5 Å². The number of nitrogen functional groups attached to an aromatic ring is 1. The summed E-state index contributed by atoms with van der Waals surface area (Å²) in [5.74, 6) is 0.492. The van der Waals surface area contributed by atoms with Gasteiger partial charge in [-0.05, 0) is 43.4 Å². The zero-order valence-electron chi connectivity index (χ0n) is 11.8. The van der Waals surface area contributed by atoms with Gasteiger partial charge in [0.05, 0.1) is 0 Å². The van der Waals surface area contributed by atoms with Gasteiger partial charge in [-0.1, -0.05) is 36.0 Å². The van der Waals surface area contributed by atoms with E-state index in [4.69, 9.17) is 17.3 Å². The molecule has 20 heavy (non-hydrogen) atoms. The van der Waals surface area contributed by atoms with Gasteiger partial charge in [0, 0.05) is 27.9 Å². The summed E-state index contributed by atoms with van der Waals surface area (Å²) in [4.78, 5) is 4.48. The molecule has 0 unspecified atom stereocenters. The molecule has 2 rings (SSSR count). The standard InChI is InChI=1S/C16H19ClN2S/c1-19(2)11-13-5-3-4-6-15(13)20-16-8-7-12(10-17)9-14(16)18/h3-9H,10-11,18H2,1-2H3. The SMILES string of the molecule is CN(C)Cc1ccccc1Sc1ccc(CCl)cc1N. The van der Waals surface area contributed by atoms with Crippen molar-refractivity contribution < 1.29 is 0 Å². The Labute approximate surface area is 129 Å². The summed E-state index contributed by atoms with van der Waals surface area (Å²) in [7, 11) is 4.15. The lowest BCUT2D eigenvalue weighted by molar-refractivity contribution is 0.399. The number of rotatable bonds is 5. The smallest absolute Gasteiger partial charge is 0.0474 e. The molecule has 0 fully saturated rings. The quantitative estimate of drug-likeness (QED) is 0.662. The van der Waals surface area contributed by atoms with E-state index in [0.717, 1.165) is 22.7 Å². The van der Waals surface area contributed by atoms with Gasteiger partial charge >= 0.3 is 0 Å². The molecule has 4 heteroatoms. The maximum Gasteiger partial charge on any atom is 0.0474 e. The third-order valence-corrected chi connectivity index (χ3v) is 4.43. The lowest BCUT2D eigenvalue weighted by Crippen LogP contribution is -2.11. The fraction of sp³-hybridized carbons (Fsp3) is 0.250. The second-order valence-electron chi connectivity index (χ2n) is 4.95. The number of nitrogens with two attached hydrogens (primary N) is 1. The van der Waals surface area contributed by atoms with Gasteiger partial charge in [-0.15, -0.1) is 11.6 Å². The molecule has 0 bridgehead atoms. The van der Waals surface area contributed by atoms with Gasteiger partial charge in [-0.2, -0.15) is 0 Å². The third kappa shape index (κ3) is 3.92. The maximum atomic E-state index is 6.11. The third-order valence-electron chi connectivity index (χ3n) is 2.91. The van der Waals surface area contributed by atoms with Crippen LogP contribution in [0.4, 0.5) is 5.69 Å². The average Bonchev–Trinajstić information content (AvgIpc) is 2.42. The topological polar surface area (TPSA) is 29.3 Å². The van der Waals surface area contributed by atoms with Crippen LogP contribution in [0, 0.1) is 0 Å². The number of benzene rings is 2. The predicted molar refractivity (Wildman–Crippen MR) is 88.4 cm³/mol. The Morgan fingerprint density at radius 1 is 1.10 bits per heavy atom. The van der Waals surface area contributed by atoms with Crippen LogP contribution in [0.3, 0.4) is 0 Å². The van der Waals surface area contributed by atoms with Crippen molar-refractivity contribution in [3.63, 3.8) is 0 Å². The van der Waals surface area contributed by atoms with Crippen LogP contribution in [0.5, 0.6) is 0 Å². The van der Waals surface area contributed by atoms with E-state index in [2.05, 4.69) is 43.3 Å². The van der Waals surface area contributed by atoms with Gasteiger partial charge in [0.1, 0.15) is 0 Å². The van der Waals surface area contributed by atoms with Crippen LogP contribution in [0.2, 0.25) is 0 Å². The fourth-order valence-corrected chi connectivity index (χ4v) is 3.09. The molecule has 2 aromatic rings. The van der Waals surface area contributed by atoms with Crippen molar-refractivity contribution in [3.05, 3.63) is 53.6 Å². The zero-order valence-corrected chi connectivity index (χ0v) is 13.3. The monoisotopic (exact) mass is 306 g/mol. The van der Waals surface area contributed by atoms with E-state index in [9.17, 15) is 0 Å². The van der Waals surface area contributed by atoms with Crippen LogP contribution >= 0.6 is 23.4 Å². The highest BCUT2D eigenvalue weighted by Crippen LogP contribution is 2.35. The highest BCUT2D eigenvalue weighted by atomic mass is 35.5. The summed E-state index contributed by atoms with van der Waals surface area (Å²) in [6.07, 6.45) is 0. The number of alkyl halides is 1. The highest BCUT2D eigenvalue weighted by Gasteiger charge is 2.07. The molecule has 0 spiro atoms. The molecule has 0 radical (unpaired) electrons. The van der Waals surface area contributed by atoms with Gasteiger partial charge in [0.2, 0.25) is 0 Å². The molecule has 0 amide bonds. The molecule has 0 aliphatic carbocycles. The van der Waals surface area contributed by atoms with Gasteiger partial charge in [-0.25, -0.2) is 0 Å². The molecule has 2 aromatic carbocycles. The van der Waals surface area contributed by atoms with E-state index < -0.39 is 0 Å². The largest absolute Gasteiger partial charge is 0.398 e. The van der Waals surface area contributed by atoms with Crippen molar-refractivity contribution in [1.29, 1.82) is 0 Å². The molecule has 0 atom stereocenters. The Morgan fingerprint density at radius 2 is 1.85 bits per heavy atom. The van der Waals surface area contributed by atoms with Gasteiger partial charge in [-0.3, -0.25) is 0 Å². The summed E-state index contributed by atoms with van der Waals surface area (Å²) in [6.45, 7) is 0.919. The van der Waals surface area contributed by atoms with Crippen molar-refractivity contribution >= 4 is 29.1 Å². The number of halogens is 1. The second kappa shape index (κ2) is 7.02. The van der Waals surface area contributed by atoms with Crippen LogP contribution in [0.15, 0.2) is 52.3 Å². The molecular formula is C16H19ClN2S. The van der Waals surface area contributed by atoms with E-state index in [0.29, 0.717) is 5.88 Å². The van der Waals surface area contributed by atoms with Crippen LogP contribution in [0.1, 0.15) is 11.1 Å². The van der Waals surface area contributed by atoms with E-state index >= 15 is 0 Å². The molecule has 2 N–H and O–H groups in total. The van der Waals surface area contributed by atoms with Crippen molar-refractivity contribution in [3.8, 4) is 0 Å². The number of hydrogen-bond donors (Lipinski definition) is 1. The van der Waals surface area contributed by atoms with Crippen molar-refractivity contribution in [2.24, 2.45) is 0 Å². The lowest BCUT2D eigenvalue weighted by atomic mass is 10.2. The van der Waals surface area contributed by atoms with Crippen LogP contribution in [-0.2, 0) is 12.4 Å². The minimum absolute atomic E-state index is 0.492. The summed E-state index contributed by atoms with van der Waals surface area (Å²) < 4.78 is 0. The average molecular weight is 307 g/mol. The molecule has 0 aliphatic heterocycles. The molecule has 0 aromatic heterocycles. The Morgan fingerprint density at radius 3 is 2.50 bits per heavy atom. The van der Waals surface area contributed by atoms with E-state index in [-0.39, 0.29) is 0 Å². The van der Waals surface area contributed by atoms with Crippen LogP contribution < -0.4 is 5.73 Å².